The molecule has 0 radical (unpaired) electrons. The number of benzene rings is 2. The van der Waals surface area contributed by atoms with Crippen molar-refractivity contribution in [2.24, 2.45) is 0 Å². The Kier molecular flexibility index (Phi) is 6.54. The molecule has 0 N–H and O–H groups in total. The van der Waals surface area contributed by atoms with Gasteiger partial charge in [0.15, 0.2) is 0 Å². The molecule has 2 aromatic carbocycles. The van der Waals surface area contributed by atoms with Crippen molar-refractivity contribution in [1.82, 2.24) is 0 Å². The second kappa shape index (κ2) is 8.70. The summed E-state index contributed by atoms with van der Waals surface area (Å²) in [5.74, 6) is 0. The van der Waals surface area contributed by atoms with E-state index in [-0.39, 0.29) is 0 Å². The Balaban J connectivity index is 1.97. The van der Waals surface area contributed by atoms with Crippen LogP contribution in [0.1, 0.15) is 48.0 Å². The monoisotopic (exact) mass is 528 g/mol. The molecule has 0 aliphatic heterocycles. The molecular weight excluding hydrogens is 503 g/mol. The first-order valence-corrected chi connectivity index (χ1v) is 20.3. The third kappa shape index (κ3) is 3.73. The van der Waals surface area contributed by atoms with E-state index in [0.717, 1.165) is 10.0 Å². The molecule has 0 bridgehead atoms. The zero-order valence-electron chi connectivity index (χ0n) is 18.5. The summed E-state index contributed by atoms with van der Waals surface area (Å²) in [6.45, 7) is 14.5. The number of rotatable bonds is 3. The summed E-state index contributed by atoms with van der Waals surface area (Å²) < 4.78 is 1.21. The molecule has 4 rings (SSSR count). The van der Waals surface area contributed by atoms with Crippen molar-refractivity contribution in [1.29, 1.82) is 0 Å². The van der Waals surface area contributed by atoms with E-state index in [1.54, 1.807) is 11.1 Å². The van der Waals surface area contributed by atoms with Crippen molar-refractivity contribution in [2.45, 2.75) is 48.0 Å². The summed E-state index contributed by atoms with van der Waals surface area (Å²) in [5.41, 5.74) is 11.0. The maximum absolute atomic E-state index is 6.82. The van der Waals surface area contributed by atoms with Gasteiger partial charge in [-0.05, 0) is 0 Å². The van der Waals surface area contributed by atoms with Crippen molar-refractivity contribution in [2.75, 3.05) is 0 Å². The number of hydrogen-bond acceptors (Lipinski definition) is 0. The minimum atomic E-state index is -2.00. The number of halogens is 2. The van der Waals surface area contributed by atoms with E-state index in [4.69, 9.17) is 23.2 Å². The SMILES string of the molecule is CC1=C(C)[CH]([Zr]([CH]2C=C(c3ccccc3)c3c(Cl)cc(Cl)cc32)=[Si](C)C)C(C)=C1C. The van der Waals surface area contributed by atoms with Gasteiger partial charge in [-0.1, -0.05) is 0 Å². The van der Waals surface area contributed by atoms with Crippen LogP contribution in [0.3, 0.4) is 0 Å². The van der Waals surface area contributed by atoms with Gasteiger partial charge < -0.3 is 0 Å². The molecule has 2 aliphatic carbocycles. The van der Waals surface area contributed by atoms with E-state index in [0.29, 0.717) is 7.25 Å². The van der Waals surface area contributed by atoms with Crippen LogP contribution >= 0.6 is 23.2 Å². The molecule has 0 saturated heterocycles. The fraction of sp³-hybridized carbons (Fsp3) is 0.308. The summed E-state index contributed by atoms with van der Waals surface area (Å²) in [4.78, 5) is 0. The zero-order chi connectivity index (χ0) is 21.7. The van der Waals surface area contributed by atoms with Crippen LogP contribution in [0.5, 0.6) is 0 Å². The molecule has 1 atom stereocenters. The normalized spacial score (nSPS) is 18.8. The van der Waals surface area contributed by atoms with E-state index in [9.17, 15) is 0 Å². The van der Waals surface area contributed by atoms with Crippen molar-refractivity contribution < 1.29 is 20.4 Å². The van der Waals surface area contributed by atoms with Crippen molar-refractivity contribution >= 4 is 34.2 Å². The van der Waals surface area contributed by atoms with E-state index in [1.165, 1.54) is 33.4 Å². The fourth-order valence-corrected chi connectivity index (χ4v) is 26.3. The van der Waals surface area contributed by atoms with Crippen LogP contribution in [0.25, 0.3) is 5.57 Å². The first-order chi connectivity index (χ1) is 14.2. The van der Waals surface area contributed by atoms with Crippen LogP contribution in [0.2, 0.25) is 26.8 Å². The average Bonchev–Trinajstić information content (AvgIpc) is 3.16. The molecule has 0 spiro atoms. The van der Waals surface area contributed by atoms with Crippen LogP contribution in [0, 0.1) is 0 Å². The van der Waals surface area contributed by atoms with E-state index >= 15 is 0 Å². The Hall–Kier alpha value is -0.660. The maximum atomic E-state index is 6.82. The molecule has 0 nitrogen and oxygen atoms in total. The molecule has 154 valence electrons. The minimum absolute atomic E-state index is 0.424. The standard InChI is InChI=1S/C15H9Cl2.C9H13.C2H6Si.Zr/c16-12-8-11-6-7-13(15(11)14(17)9-12)10-4-2-1-3-5-10;1-6-5-7(2)9(4)8(6)3;1-3-2;/h1-9H;5H,1-4H3;1-2H3;. The van der Waals surface area contributed by atoms with Gasteiger partial charge in [-0.25, -0.2) is 0 Å². The van der Waals surface area contributed by atoms with Crippen LogP contribution < -0.4 is 0 Å². The molecule has 1 unspecified atom stereocenters. The van der Waals surface area contributed by atoms with Crippen molar-refractivity contribution in [3.05, 3.63) is 97.6 Å². The summed E-state index contributed by atoms with van der Waals surface area (Å²) in [6.07, 6.45) is 2.57. The Morgan fingerprint density at radius 1 is 0.867 bits per heavy atom. The Labute approximate surface area is 198 Å². The molecule has 0 amide bonds. The molecule has 0 heterocycles. The quantitative estimate of drug-likeness (QED) is 0.348. The molecule has 0 saturated carbocycles. The number of hydrogen-bond donors (Lipinski definition) is 0. The summed E-state index contributed by atoms with van der Waals surface area (Å²) >= 11 is 11.4. The van der Waals surface area contributed by atoms with Gasteiger partial charge in [0.05, 0.1) is 0 Å². The molecule has 4 heteroatoms. The van der Waals surface area contributed by atoms with Gasteiger partial charge in [0, 0.05) is 0 Å². The molecule has 0 aromatic heterocycles. The molecule has 0 fully saturated rings. The Morgan fingerprint density at radius 2 is 1.47 bits per heavy atom. The third-order valence-corrected chi connectivity index (χ3v) is 27.2. The molecular formula is C26H28Cl2SiZr. The van der Waals surface area contributed by atoms with Crippen molar-refractivity contribution in [3.63, 3.8) is 0 Å². The molecule has 2 aromatic rings. The average molecular weight is 531 g/mol. The molecule has 30 heavy (non-hydrogen) atoms. The van der Waals surface area contributed by atoms with Gasteiger partial charge in [-0.2, -0.15) is 0 Å². The van der Waals surface area contributed by atoms with Crippen LogP contribution in [0.15, 0.2) is 70.8 Å². The van der Waals surface area contributed by atoms with Crippen LogP contribution in [-0.4, -0.2) is 5.43 Å². The van der Waals surface area contributed by atoms with Crippen molar-refractivity contribution in [3.8, 4) is 0 Å². The van der Waals surface area contributed by atoms with E-state index in [2.05, 4.69) is 83.3 Å². The predicted molar refractivity (Wildman–Crippen MR) is 131 cm³/mol. The Morgan fingerprint density at radius 3 is 2.03 bits per heavy atom. The summed E-state index contributed by atoms with van der Waals surface area (Å²) in [6, 6.07) is 14.8. The second-order valence-electron chi connectivity index (χ2n) is 8.78. The second-order valence-corrected chi connectivity index (χ2v) is 27.6. The summed E-state index contributed by atoms with van der Waals surface area (Å²) in [5, 5.41) is 1.55. The van der Waals surface area contributed by atoms with Gasteiger partial charge in [0.2, 0.25) is 0 Å². The summed E-state index contributed by atoms with van der Waals surface area (Å²) in [7, 11) is 0. The van der Waals surface area contributed by atoms with Gasteiger partial charge in [-0.3, -0.25) is 0 Å². The first kappa shape index (κ1) is 22.5. The predicted octanol–water partition coefficient (Wildman–Crippen LogP) is 8.82. The first-order valence-electron chi connectivity index (χ1n) is 10.5. The third-order valence-electron chi connectivity index (χ3n) is 6.94. The van der Waals surface area contributed by atoms with Gasteiger partial charge >= 0.3 is 200 Å². The van der Waals surface area contributed by atoms with Gasteiger partial charge in [0.25, 0.3) is 0 Å². The van der Waals surface area contributed by atoms with E-state index in [1.807, 2.05) is 6.07 Å². The van der Waals surface area contributed by atoms with Crippen LogP contribution in [0.4, 0.5) is 0 Å². The zero-order valence-corrected chi connectivity index (χ0v) is 23.5. The van der Waals surface area contributed by atoms with Crippen LogP contribution in [-0.2, 0) is 20.4 Å². The molecule has 2 aliphatic rings. The number of fused-ring (bicyclic) bond motifs is 1. The number of allylic oxidation sites excluding steroid dienone is 5. The Bertz CT molecular complexity index is 1140. The van der Waals surface area contributed by atoms with Gasteiger partial charge in [0.1, 0.15) is 0 Å². The topological polar surface area (TPSA) is 0 Å². The fourth-order valence-electron chi connectivity index (χ4n) is 5.17. The van der Waals surface area contributed by atoms with Gasteiger partial charge in [-0.15, -0.1) is 0 Å². The van der Waals surface area contributed by atoms with E-state index < -0.39 is 25.8 Å².